The molecule has 0 heterocycles. The smallest absolute Gasteiger partial charge is 0.141 e. The fourth-order valence-corrected chi connectivity index (χ4v) is 1.86. The highest BCUT2D eigenvalue weighted by Crippen LogP contribution is 2.18. The highest BCUT2D eigenvalue weighted by Gasteiger charge is 2.11. The van der Waals surface area contributed by atoms with E-state index >= 15 is 0 Å². The van der Waals surface area contributed by atoms with Gasteiger partial charge in [-0.2, -0.15) is 0 Å². The van der Waals surface area contributed by atoms with E-state index in [4.69, 9.17) is 22.7 Å². The van der Waals surface area contributed by atoms with E-state index in [-0.39, 0.29) is 10.9 Å². The summed E-state index contributed by atoms with van der Waals surface area (Å²) in [6.07, 6.45) is 0.535. The van der Waals surface area contributed by atoms with E-state index in [2.05, 4.69) is 18.7 Å². The Balaban J connectivity index is 2.70. The van der Waals surface area contributed by atoms with Crippen LogP contribution in [0.25, 0.3) is 0 Å². The van der Waals surface area contributed by atoms with E-state index in [1.807, 2.05) is 0 Å². The van der Waals surface area contributed by atoms with Crippen molar-refractivity contribution in [1.82, 2.24) is 4.90 Å². The van der Waals surface area contributed by atoms with Gasteiger partial charge in [0, 0.05) is 25.6 Å². The Morgan fingerprint density at radius 2 is 2.17 bits per heavy atom. The van der Waals surface area contributed by atoms with E-state index in [0.29, 0.717) is 25.6 Å². The molecule has 0 radical (unpaired) electrons. The lowest BCUT2D eigenvalue weighted by Gasteiger charge is -2.26. The molecule has 3 nitrogen and oxygen atoms in total. The maximum atomic E-state index is 13.1. The normalized spacial score (nSPS) is 11.2. The average molecular weight is 272 g/mol. The minimum absolute atomic E-state index is 0.141. The molecule has 0 spiro atoms. The topological polar surface area (TPSA) is 53.1 Å². The predicted octanol–water partition coefficient (Wildman–Crippen LogP) is 3.02. The third-order valence-corrected chi connectivity index (χ3v) is 3.06. The van der Waals surface area contributed by atoms with Gasteiger partial charge in [-0.25, -0.2) is 4.39 Å². The van der Waals surface area contributed by atoms with Crippen LogP contribution in [-0.2, 0) is 6.54 Å². The molecule has 1 aromatic rings. The first kappa shape index (κ1) is 14.9. The largest absolute Gasteiger partial charge is 0.388 e. The molecule has 0 aromatic heterocycles. The zero-order valence-electron chi connectivity index (χ0n) is 10.7. The summed E-state index contributed by atoms with van der Waals surface area (Å²) in [5.41, 5.74) is 6.32. The number of hydrogen-bond acceptors (Lipinski definition) is 2. The van der Waals surface area contributed by atoms with Crippen molar-refractivity contribution in [3.63, 3.8) is 0 Å². The SMILES string of the molecule is CC(C)N(CCC(=N)N)Cc1ccc(F)c(Cl)c1. The van der Waals surface area contributed by atoms with Gasteiger partial charge in [0.2, 0.25) is 0 Å². The summed E-state index contributed by atoms with van der Waals surface area (Å²) >= 11 is 5.76. The van der Waals surface area contributed by atoms with Crippen molar-refractivity contribution < 1.29 is 4.39 Å². The van der Waals surface area contributed by atoms with E-state index in [1.165, 1.54) is 6.07 Å². The Morgan fingerprint density at radius 1 is 1.50 bits per heavy atom. The zero-order chi connectivity index (χ0) is 13.7. The standard InChI is InChI=1S/C13H19ClFN3/c1-9(2)18(6-5-13(16)17)8-10-3-4-12(15)11(14)7-10/h3-4,7,9H,5-6,8H2,1-2H3,(H3,16,17). The van der Waals surface area contributed by atoms with Crippen LogP contribution in [0.1, 0.15) is 25.8 Å². The summed E-state index contributed by atoms with van der Waals surface area (Å²) in [5, 5.41) is 7.39. The van der Waals surface area contributed by atoms with Gasteiger partial charge in [-0.1, -0.05) is 17.7 Å². The summed E-state index contributed by atoms with van der Waals surface area (Å²) in [5.74, 6) is -0.224. The van der Waals surface area contributed by atoms with Crippen LogP contribution < -0.4 is 5.73 Å². The summed E-state index contributed by atoms with van der Waals surface area (Å²) in [6.45, 7) is 5.53. The maximum Gasteiger partial charge on any atom is 0.141 e. The molecule has 0 aliphatic rings. The van der Waals surface area contributed by atoms with Crippen molar-refractivity contribution in [1.29, 1.82) is 5.41 Å². The molecular formula is C13H19ClFN3. The van der Waals surface area contributed by atoms with Crippen molar-refractivity contribution >= 4 is 17.4 Å². The molecule has 100 valence electrons. The fraction of sp³-hybridized carbons (Fsp3) is 0.462. The third kappa shape index (κ3) is 4.63. The van der Waals surface area contributed by atoms with Gasteiger partial charge < -0.3 is 5.73 Å². The minimum atomic E-state index is -0.403. The van der Waals surface area contributed by atoms with Crippen LogP contribution in [-0.4, -0.2) is 23.3 Å². The molecule has 18 heavy (non-hydrogen) atoms. The van der Waals surface area contributed by atoms with Crippen LogP contribution in [0, 0.1) is 11.2 Å². The molecule has 1 aromatic carbocycles. The second kappa shape index (κ2) is 6.71. The molecule has 0 atom stereocenters. The van der Waals surface area contributed by atoms with E-state index in [9.17, 15) is 4.39 Å². The van der Waals surface area contributed by atoms with Crippen molar-refractivity contribution in [3.8, 4) is 0 Å². The minimum Gasteiger partial charge on any atom is -0.388 e. The molecule has 5 heteroatoms. The number of halogens is 2. The Kier molecular flexibility index (Phi) is 5.56. The van der Waals surface area contributed by atoms with Crippen LogP contribution in [0.3, 0.4) is 0 Å². The summed E-state index contributed by atoms with van der Waals surface area (Å²) < 4.78 is 13.1. The molecular weight excluding hydrogens is 253 g/mol. The number of benzene rings is 1. The van der Waals surface area contributed by atoms with Gasteiger partial charge in [0.05, 0.1) is 10.9 Å². The lowest BCUT2D eigenvalue weighted by atomic mass is 10.1. The first-order valence-corrected chi connectivity index (χ1v) is 6.29. The zero-order valence-corrected chi connectivity index (χ0v) is 11.5. The second-order valence-electron chi connectivity index (χ2n) is 4.59. The molecule has 0 saturated carbocycles. The van der Waals surface area contributed by atoms with Crippen LogP contribution in [0.2, 0.25) is 5.02 Å². The van der Waals surface area contributed by atoms with Gasteiger partial charge in [0.25, 0.3) is 0 Å². The third-order valence-electron chi connectivity index (χ3n) is 2.77. The highest BCUT2D eigenvalue weighted by atomic mass is 35.5. The van der Waals surface area contributed by atoms with E-state index < -0.39 is 5.82 Å². The van der Waals surface area contributed by atoms with Gasteiger partial charge in [0.15, 0.2) is 0 Å². The fourth-order valence-electron chi connectivity index (χ4n) is 1.66. The number of nitrogens with zero attached hydrogens (tertiary/aromatic N) is 1. The van der Waals surface area contributed by atoms with Crippen LogP contribution in [0.5, 0.6) is 0 Å². The molecule has 0 aliphatic carbocycles. The van der Waals surface area contributed by atoms with Crippen molar-refractivity contribution in [2.45, 2.75) is 32.9 Å². The van der Waals surface area contributed by atoms with E-state index in [0.717, 1.165) is 5.56 Å². The van der Waals surface area contributed by atoms with Crippen LogP contribution in [0.15, 0.2) is 18.2 Å². The first-order valence-electron chi connectivity index (χ1n) is 5.91. The molecule has 0 fully saturated rings. The summed E-state index contributed by atoms with van der Waals surface area (Å²) in [6, 6.07) is 5.07. The summed E-state index contributed by atoms with van der Waals surface area (Å²) in [4.78, 5) is 2.17. The monoisotopic (exact) mass is 271 g/mol. The van der Waals surface area contributed by atoms with Crippen molar-refractivity contribution in [3.05, 3.63) is 34.6 Å². The van der Waals surface area contributed by atoms with Crippen LogP contribution >= 0.6 is 11.6 Å². The van der Waals surface area contributed by atoms with Gasteiger partial charge in [-0.15, -0.1) is 0 Å². The molecule has 0 bridgehead atoms. The number of rotatable bonds is 6. The Hall–Kier alpha value is -1.13. The number of nitrogens with one attached hydrogen (secondary N) is 1. The maximum absolute atomic E-state index is 13.1. The molecule has 0 unspecified atom stereocenters. The first-order chi connectivity index (χ1) is 8.40. The molecule has 0 saturated heterocycles. The molecule has 0 aliphatic heterocycles. The van der Waals surface area contributed by atoms with E-state index in [1.54, 1.807) is 12.1 Å². The Bertz CT molecular complexity index is 421. The Labute approximate surface area is 112 Å². The molecule has 3 N–H and O–H groups in total. The van der Waals surface area contributed by atoms with Crippen molar-refractivity contribution in [2.24, 2.45) is 5.73 Å². The quantitative estimate of drug-likeness (QED) is 0.617. The number of amidine groups is 1. The van der Waals surface area contributed by atoms with Gasteiger partial charge in [0.1, 0.15) is 5.82 Å². The Morgan fingerprint density at radius 3 is 2.67 bits per heavy atom. The molecule has 0 amide bonds. The summed E-state index contributed by atoms with van der Waals surface area (Å²) in [7, 11) is 0. The highest BCUT2D eigenvalue weighted by molar-refractivity contribution is 6.30. The van der Waals surface area contributed by atoms with Crippen LogP contribution in [0.4, 0.5) is 4.39 Å². The lowest BCUT2D eigenvalue weighted by molar-refractivity contribution is 0.219. The van der Waals surface area contributed by atoms with Gasteiger partial charge in [-0.05, 0) is 31.5 Å². The number of nitrogens with two attached hydrogens (primary N) is 1. The lowest BCUT2D eigenvalue weighted by Crippen LogP contribution is -2.33. The van der Waals surface area contributed by atoms with Crippen molar-refractivity contribution in [2.75, 3.05) is 6.54 Å². The average Bonchev–Trinajstić information content (AvgIpc) is 2.28. The number of hydrogen-bond donors (Lipinski definition) is 2. The van der Waals surface area contributed by atoms with Gasteiger partial charge in [-0.3, -0.25) is 10.3 Å². The molecule has 1 rings (SSSR count). The van der Waals surface area contributed by atoms with Gasteiger partial charge >= 0.3 is 0 Å². The second-order valence-corrected chi connectivity index (χ2v) is 5.00. The predicted molar refractivity (Wildman–Crippen MR) is 73.5 cm³/mol.